The van der Waals surface area contributed by atoms with Gasteiger partial charge in [-0.15, -0.1) is 0 Å². The first kappa shape index (κ1) is 14.6. The molecule has 3 N–H and O–H groups in total. The lowest BCUT2D eigenvalue weighted by atomic mass is 10.1. The summed E-state index contributed by atoms with van der Waals surface area (Å²) in [7, 11) is 1.75. The Morgan fingerprint density at radius 2 is 2.35 bits per heavy atom. The number of hydrogen-bond donors (Lipinski definition) is 2. The highest BCUT2D eigenvalue weighted by Gasteiger charge is 2.12. The maximum atomic E-state index is 5.55. The normalized spacial score (nSPS) is 14.8. The van der Waals surface area contributed by atoms with E-state index in [0.29, 0.717) is 12.1 Å². The second-order valence-corrected chi connectivity index (χ2v) is 5.27. The first-order valence-electron chi connectivity index (χ1n) is 6.22. The number of rotatable bonds is 9. The summed E-state index contributed by atoms with van der Waals surface area (Å²) in [6, 6.07) is 3.08. The van der Waals surface area contributed by atoms with Crippen LogP contribution in [0.5, 0.6) is 0 Å². The van der Waals surface area contributed by atoms with Crippen LogP contribution in [0.2, 0.25) is 0 Å². The molecule has 0 aliphatic rings. The van der Waals surface area contributed by atoms with Gasteiger partial charge in [0.15, 0.2) is 0 Å². The molecule has 1 aromatic rings. The van der Waals surface area contributed by atoms with Crippen molar-refractivity contribution in [3.63, 3.8) is 0 Å². The molecule has 2 unspecified atom stereocenters. The monoisotopic (exact) mass is 256 g/mol. The zero-order chi connectivity index (χ0) is 12.5. The Hall–Kier alpha value is -0.420. The molecule has 0 aromatic carbocycles. The Morgan fingerprint density at radius 1 is 1.53 bits per heavy atom. The lowest BCUT2D eigenvalue weighted by Gasteiger charge is -2.22. The van der Waals surface area contributed by atoms with E-state index in [1.54, 1.807) is 18.4 Å². The third kappa shape index (κ3) is 6.17. The number of hydrogen-bond acceptors (Lipinski definition) is 4. The fourth-order valence-electron chi connectivity index (χ4n) is 2.00. The summed E-state index contributed by atoms with van der Waals surface area (Å²) in [5.74, 6) is 0. The largest absolute Gasteiger partial charge is 0.383 e. The molecule has 0 radical (unpaired) electrons. The molecule has 0 amide bonds. The summed E-state index contributed by atoms with van der Waals surface area (Å²) in [4.78, 5) is 0. The lowest BCUT2D eigenvalue weighted by molar-refractivity contribution is 0.156. The van der Waals surface area contributed by atoms with Gasteiger partial charge in [0, 0.05) is 19.2 Å². The maximum absolute atomic E-state index is 5.55. The topological polar surface area (TPSA) is 47.3 Å². The van der Waals surface area contributed by atoms with Crippen LogP contribution in [-0.2, 0) is 11.2 Å². The summed E-state index contributed by atoms with van der Waals surface area (Å²) in [6.07, 6.45) is 3.21. The van der Waals surface area contributed by atoms with Crippen LogP contribution in [-0.4, -0.2) is 32.3 Å². The maximum Gasteiger partial charge on any atom is 0.0615 e. The molecule has 0 aliphatic heterocycles. The van der Waals surface area contributed by atoms with Gasteiger partial charge in [-0.25, -0.2) is 0 Å². The van der Waals surface area contributed by atoms with E-state index in [4.69, 9.17) is 10.5 Å². The van der Waals surface area contributed by atoms with E-state index in [-0.39, 0.29) is 0 Å². The molecule has 4 heteroatoms. The van der Waals surface area contributed by atoms with E-state index in [0.717, 1.165) is 32.4 Å². The van der Waals surface area contributed by atoms with Crippen molar-refractivity contribution < 1.29 is 4.74 Å². The van der Waals surface area contributed by atoms with Crippen LogP contribution in [0.25, 0.3) is 0 Å². The van der Waals surface area contributed by atoms with Crippen LogP contribution in [0.1, 0.15) is 25.3 Å². The summed E-state index contributed by atoms with van der Waals surface area (Å²) in [5.41, 5.74) is 6.95. The fourth-order valence-corrected chi connectivity index (χ4v) is 2.69. The average Bonchev–Trinajstić information content (AvgIpc) is 2.78. The smallest absolute Gasteiger partial charge is 0.0615 e. The van der Waals surface area contributed by atoms with Crippen molar-refractivity contribution in [2.75, 3.05) is 20.3 Å². The molecule has 1 rings (SSSR count). The van der Waals surface area contributed by atoms with Gasteiger partial charge in [-0.1, -0.05) is 0 Å². The highest BCUT2D eigenvalue weighted by molar-refractivity contribution is 7.07. The average molecular weight is 256 g/mol. The number of ether oxygens (including phenoxy) is 1. The van der Waals surface area contributed by atoms with E-state index < -0.39 is 0 Å². The van der Waals surface area contributed by atoms with Crippen molar-refractivity contribution in [1.29, 1.82) is 0 Å². The molecular formula is C13H24N2OS. The standard InChI is InChI=1S/C13H24N2OS/c1-11(8-12-5-7-17-10-12)15-13(9-16-2)4-3-6-14/h5,7,10-11,13,15H,3-4,6,8-9,14H2,1-2H3. The van der Waals surface area contributed by atoms with Crippen molar-refractivity contribution in [2.24, 2.45) is 5.73 Å². The van der Waals surface area contributed by atoms with Crippen molar-refractivity contribution in [2.45, 2.75) is 38.3 Å². The summed E-state index contributed by atoms with van der Waals surface area (Å²) in [6.45, 7) is 3.73. The number of nitrogens with one attached hydrogen (secondary N) is 1. The molecule has 0 spiro atoms. The highest BCUT2D eigenvalue weighted by Crippen LogP contribution is 2.09. The van der Waals surface area contributed by atoms with Gasteiger partial charge in [0.1, 0.15) is 0 Å². The molecule has 2 atom stereocenters. The van der Waals surface area contributed by atoms with Crippen molar-refractivity contribution in [1.82, 2.24) is 5.32 Å². The minimum atomic E-state index is 0.414. The number of thiophene rings is 1. The van der Waals surface area contributed by atoms with Gasteiger partial charge in [-0.05, 0) is 55.1 Å². The SMILES string of the molecule is COCC(CCCN)NC(C)Cc1ccsc1. The Labute approximate surface area is 108 Å². The van der Waals surface area contributed by atoms with Crippen LogP contribution in [0, 0.1) is 0 Å². The third-order valence-corrected chi connectivity index (χ3v) is 3.50. The Morgan fingerprint density at radius 3 is 2.94 bits per heavy atom. The molecule has 0 saturated heterocycles. The predicted octanol–water partition coefficient (Wildman–Crippen LogP) is 2.02. The van der Waals surface area contributed by atoms with E-state index >= 15 is 0 Å². The zero-order valence-electron chi connectivity index (χ0n) is 10.8. The van der Waals surface area contributed by atoms with Gasteiger partial charge in [-0.2, -0.15) is 11.3 Å². The first-order valence-corrected chi connectivity index (χ1v) is 7.16. The molecule has 0 aliphatic carbocycles. The van der Waals surface area contributed by atoms with E-state index in [9.17, 15) is 0 Å². The van der Waals surface area contributed by atoms with Crippen molar-refractivity contribution in [3.8, 4) is 0 Å². The van der Waals surface area contributed by atoms with Crippen molar-refractivity contribution >= 4 is 11.3 Å². The fraction of sp³-hybridized carbons (Fsp3) is 0.692. The molecule has 0 fully saturated rings. The first-order chi connectivity index (χ1) is 8.26. The lowest BCUT2D eigenvalue weighted by Crippen LogP contribution is -2.40. The van der Waals surface area contributed by atoms with Crippen LogP contribution >= 0.6 is 11.3 Å². The zero-order valence-corrected chi connectivity index (χ0v) is 11.6. The third-order valence-electron chi connectivity index (χ3n) is 2.77. The second kappa shape index (κ2) is 8.64. The quantitative estimate of drug-likeness (QED) is 0.710. The number of nitrogens with two attached hydrogens (primary N) is 1. The minimum Gasteiger partial charge on any atom is -0.383 e. The van der Waals surface area contributed by atoms with E-state index in [2.05, 4.69) is 29.1 Å². The van der Waals surface area contributed by atoms with Gasteiger partial charge < -0.3 is 15.8 Å². The summed E-state index contributed by atoms with van der Waals surface area (Å²) in [5, 5.41) is 7.95. The Balaban J connectivity index is 2.31. The van der Waals surface area contributed by atoms with E-state index in [1.165, 1.54) is 5.56 Å². The molecule has 98 valence electrons. The second-order valence-electron chi connectivity index (χ2n) is 4.49. The van der Waals surface area contributed by atoms with Crippen LogP contribution < -0.4 is 11.1 Å². The van der Waals surface area contributed by atoms with Gasteiger partial charge in [-0.3, -0.25) is 0 Å². The van der Waals surface area contributed by atoms with Crippen LogP contribution in [0.15, 0.2) is 16.8 Å². The molecule has 17 heavy (non-hydrogen) atoms. The molecule has 0 bridgehead atoms. The van der Waals surface area contributed by atoms with Gasteiger partial charge >= 0.3 is 0 Å². The Bertz CT molecular complexity index is 277. The molecular weight excluding hydrogens is 232 g/mol. The molecule has 1 heterocycles. The molecule has 0 saturated carbocycles. The van der Waals surface area contributed by atoms with Gasteiger partial charge in [0.2, 0.25) is 0 Å². The summed E-state index contributed by atoms with van der Waals surface area (Å²) < 4.78 is 5.24. The van der Waals surface area contributed by atoms with Gasteiger partial charge in [0.25, 0.3) is 0 Å². The molecule has 3 nitrogen and oxygen atoms in total. The predicted molar refractivity (Wildman–Crippen MR) is 74.6 cm³/mol. The minimum absolute atomic E-state index is 0.414. The van der Waals surface area contributed by atoms with Crippen LogP contribution in [0.4, 0.5) is 0 Å². The van der Waals surface area contributed by atoms with E-state index in [1.807, 2.05) is 0 Å². The van der Waals surface area contributed by atoms with Crippen LogP contribution in [0.3, 0.4) is 0 Å². The number of methoxy groups -OCH3 is 1. The highest BCUT2D eigenvalue weighted by atomic mass is 32.1. The molecule has 1 aromatic heterocycles. The summed E-state index contributed by atoms with van der Waals surface area (Å²) >= 11 is 1.76. The van der Waals surface area contributed by atoms with Crippen molar-refractivity contribution in [3.05, 3.63) is 22.4 Å². The Kier molecular flexibility index (Phi) is 7.44. The van der Waals surface area contributed by atoms with Gasteiger partial charge in [0.05, 0.1) is 6.61 Å².